The average Bonchev–Trinajstić information content (AvgIpc) is 2.89. The molecule has 3 N–H and O–H groups in total. The molecule has 0 radical (unpaired) electrons. The Morgan fingerprint density at radius 2 is 2.04 bits per heavy atom. The first kappa shape index (κ1) is 18.2. The molecule has 0 aromatic carbocycles. The standard InChI is InChI=1S/C19H26N4OS2/c1-10-11(2)26-19-16(10)18(21-9-22-19)25-8-15(24)23-17-12-4-3-5-13(17)7-14(20)6-12/h9,12-14,17H,3-8,20H2,1-2H3,(H,23,24). The summed E-state index contributed by atoms with van der Waals surface area (Å²) in [6.07, 6.45) is 7.37. The third-order valence-corrected chi connectivity index (χ3v) is 8.08. The molecule has 1 amide bonds. The van der Waals surface area contributed by atoms with E-state index in [0.717, 1.165) is 28.1 Å². The lowest BCUT2D eigenvalue weighted by atomic mass is 9.67. The van der Waals surface area contributed by atoms with Crippen molar-refractivity contribution in [2.24, 2.45) is 17.6 Å². The van der Waals surface area contributed by atoms with Crippen LogP contribution in [0.15, 0.2) is 11.4 Å². The number of fused-ring (bicyclic) bond motifs is 3. The molecule has 0 saturated heterocycles. The SMILES string of the molecule is Cc1sc2ncnc(SCC(=O)NC3C4CCCC3CC(N)C4)c2c1C. The van der Waals surface area contributed by atoms with Gasteiger partial charge in [-0.3, -0.25) is 4.79 Å². The van der Waals surface area contributed by atoms with Crippen LogP contribution in [0.1, 0.15) is 42.5 Å². The number of nitrogens with zero attached hydrogens (tertiary/aromatic N) is 2. The zero-order valence-electron chi connectivity index (χ0n) is 15.3. The molecule has 2 atom stereocenters. The largest absolute Gasteiger partial charge is 0.352 e. The molecule has 7 heteroatoms. The molecule has 2 fully saturated rings. The minimum Gasteiger partial charge on any atom is -0.352 e. The summed E-state index contributed by atoms with van der Waals surface area (Å²) in [6.45, 7) is 4.21. The highest BCUT2D eigenvalue weighted by Gasteiger charge is 2.39. The molecule has 0 spiro atoms. The third kappa shape index (κ3) is 3.49. The van der Waals surface area contributed by atoms with Crippen LogP contribution in [-0.4, -0.2) is 33.7 Å². The number of thioether (sulfide) groups is 1. The Morgan fingerprint density at radius 3 is 2.77 bits per heavy atom. The minimum atomic E-state index is 0.115. The number of carbonyl (C=O) groups excluding carboxylic acids is 1. The zero-order valence-corrected chi connectivity index (χ0v) is 17.0. The number of aromatic nitrogens is 2. The van der Waals surface area contributed by atoms with Gasteiger partial charge < -0.3 is 11.1 Å². The van der Waals surface area contributed by atoms with Crippen molar-refractivity contribution in [3.63, 3.8) is 0 Å². The number of amides is 1. The van der Waals surface area contributed by atoms with Gasteiger partial charge >= 0.3 is 0 Å². The molecule has 2 aromatic heterocycles. The highest BCUT2D eigenvalue weighted by atomic mass is 32.2. The predicted octanol–water partition coefficient (Wildman–Crippen LogP) is 3.42. The van der Waals surface area contributed by atoms with Crippen molar-refractivity contribution in [1.82, 2.24) is 15.3 Å². The number of hydrogen-bond acceptors (Lipinski definition) is 6. The normalized spacial score (nSPS) is 28.3. The number of thiophene rings is 1. The van der Waals surface area contributed by atoms with Crippen molar-refractivity contribution < 1.29 is 4.79 Å². The second-order valence-corrected chi connectivity index (χ2v) is 9.87. The van der Waals surface area contributed by atoms with E-state index in [0.29, 0.717) is 29.7 Å². The maximum absolute atomic E-state index is 12.6. The predicted molar refractivity (Wildman–Crippen MR) is 108 cm³/mol. The molecule has 5 nitrogen and oxygen atoms in total. The lowest BCUT2D eigenvalue weighted by molar-refractivity contribution is -0.120. The van der Waals surface area contributed by atoms with Gasteiger partial charge in [0.05, 0.1) is 5.75 Å². The molecule has 2 bridgehead atoms. The molecule has 2 aromatic rings. The molecule has 2 unspecified atom stereocenters. The van der Waals surface area contributed by atoms with E-state index >= 15 is 0 Å². The smallest absolute Gasteiger partial charge is 0.230 e. The Labute approximate surface area is 162 Å². The first-order valence-corrected chi connectivity index (χ1v) is 11.2. The molecule has 4 rings (SSSR count). The number of aryl methyl sites for hydroxylation is 2. The number of carbonyl (C=O) groups is 1. The summed E-state index contributed by atoms with van der Waals surface area (Å²) in [5.41, 5.74) is 7.42. The Morgan fingerprint density at radius 1 is 1.31 bits per heavy atom. The quantitative estimate of drug-likeness (QED) is 0.617. The zero-order chi connectivity index (χ0) is 18.3. The number of nitrogens with one attached hydrogen (secondary N) is 1. The van der Waals surface area contributed by atoms with Gasteiger partial charge in [0.2, 0.25) is 5.91 Å². The molecule has 2 saturated carbocycles. The topological polar surface area (TPSA) is 80.9 Å². The van der Waals surface area contributed by atoms with E-state index in [9.17, 15) is 4.79 Å². The van der Waals surface area contributed by atoms with Crippen LogP contribution in [-0.2, 0) is 4.79 Å². The summed E-state index contributed by atoms with van der Waals surface area (Å²) < 4.78 is 0. The monoisotopic (exact) mass is 390 g/mol. The Hall–Kier alpha value is -1.18. The van der Waals surface area contributed by atoms with Crippen LogP contribution < -0.4 is 11.1 Å². The Balaban J connectivity index is 1.42. The van der Waals surface area contributed by atoms with Crippen molar-refractivity contribution in [3.05, 3.63) is 16.8 Å². The maximum atomic E-state index is 12.6. The van der Waals surface area contributed by atoms with E-state index in [-0.39, 0.29) is 5.91 Å². The van der Waals surface area contributed by atoms with Crippen molar-refractivity contribution in [2.45, 2.75) is 63.1 Å². The highest BCUT2D eigenvalue weighted by Crippen LogP contribution is 2.40. The van der Waals surface area contributed by atoms with E-state index in [4.69, 9.17) is 5.73 Å². The van der Waals surface area contributed by atoms with Crippen LogP contribution in [0, 0.1) is 25.7 Å². The lowest BCUT2D eigenvalue weighted by Crippen LogP contribution is -2.54. The van der Waals surface area contributed by atoms with Gasteiger partial charge in [-0.05, 0) is 56.9 Å². The van der Waals surface area contributed by atoms with Crippen molar-refractivity contribution in [2.75, 3.05) is 5.75 Å². The molecule has 2 aliphatic rings. The van der Waals surface area contributed by atoms with Gasteiger partial charge in [-0.25, -0.2) is 9.97 Å². The molecule has 0 aliphatic heterocycles. The lowest BCUT2D eigenvalue weighted by Gasteiger charge is -2.45. The van der Waals surface area contributed by atoms with E-state index in [1.165, 1.54) is 41.5 Å². The summed E-state index contributed by atoms with van der Waals surface area (Å²) >= 11 is 3.21. The van der Waals surface area contributed by atoms with E-state index in [2.05, 4.69) is 29.1 Å². The molecule has 140 valence electrons. The Kier molecular flexibility index (Phi) is 5.21. The van der Waals surface area contributed by atoms with Crippen LogP contribution >= 0.6 is 23.1 Å². The van der Waals surface area contributed by atoms with Crippen molar-refractivity contribution >= 4 is 39.2 Å². The van der Waals surface area contributed by atoms with Gasteiger partial charge in [0, 0.05) is 22.3 Å². The van der Waals surface area contributed by atoms with Crippen molar-refractivity contribution in [1.29, 1.82) is 0 Å². The summed E-state index contributed by atoms with van der Waals surface area (Å²) in [5, 5.41) is 5.34. The first-order valence-electron chi connectivity index (χ1n) is 9.41. The molecular weight excluding hydrogens is 364 g/mol. The average molecular weight is 391 g/mol. The van der Waals surface area contributed by atoms with Crippen molar-refractivity contribution in [3.8, 4) is 0 Å². The summed E-state index contributed by atoms with van der Waals surface area (Å²) in [4.78, 5) is 23.7. The maximum Gasteiger partial charge on any atom is 0.230 e. The first-order chi connectivity index (χ1) is 12.5. The van der Waals surface area contributed by atoms with Crippen LogP contribution in [0.4, 0.5) is 0 Å². The van der Waals surface area contributed by atoms with E-state index < -0.39 is 0 Å². The fourth-order valence-corrected chi connectivity index (χ4v) is 6.57. The third-order valence-electron chi connectivity index (χ3n) is 5.97. The summed E-state index contributed by atoms with van der Waals surface area (Å²) in [5.74, 6) is 1.63. The van der Waals surface area contributed by atoms with Gasteiger partial charge in [-0.2, -0.15) is 0 Å². The van der Waals surface area contributed by atoms with Gasteiger partial charge in [0.15, 0.2) is 0 Å². The van der Waals surface area contributed by atoms with Crippen LogP contribution in [0.25, 0.3) is 10.2 Å². The number of rotatable bonds is 4. The van der Waals surface area contributed by atoms with Crippen LogP contribution in [0.3, 0.4) is 0 Å². The Bertz CT molecular complexity index is 807. The second kappa shape index (κ2) is 7.44. The number of hydrogen-bond donors (Lipinski definition) is 2. The second-order valence-electron chi connectivity index (χ2n) is 7.71. The van der Waals surface area contributed by atoms with Gasteiger partial charge in [-0.1, -0.05) is 18.2 Å². The van der Waals surface area contributed by atoms with Gasteiger partial charge in [0.25, 0.3) is 0 Å². The summed E-state index contributed by atoms with van der Waals surface area (Å²) in [7, 11) is 0. The molecule has 26 heavy (non-hydrogen) atoms. The fourth-order valence-electron chi connectivity index (χ4n) is 4.65. The van der Waals surface area contributed by atoms with Crippen LogP contribution in [0.5, 0.6) is 0 Å². The van der Waals surface area contributed by atoms with E-state index in [1.54, 1.807) is 17.7 Å². The van der Waals surface area contributed by atoms with Gasteiger partial charge in [0.1, 0.15) is 16.2 Å². The van der Waals surface area contributed by atoms with Crippen LogP contribution in [0.2, 0.25) is 0 Å². The summed E-state index contributed by atoms with van der Waals surface area (Å²) in [6, 6.07) is 0.624. The molecule has 2 heterocycles. The minimum absolute atomic E-state index is 0.115. The fraction of sp³-hybridized carbons (Fsp3) is 0.632. The molecular formula is C19H26N4OS2. The van der Waals surface area contributed by atoms with Gasteiger partial charge in [-0.15, -0.1) is 11.3 Å². The highest BCUT2D eigenvalue weighted by molar-refractivity contribution is 8.00. The number of nitrogens with two attached hydrogens (primary N) is 1. The molecule has 2 aliphatic carbocycles. The van der Waals surface area contributed by atoms with E-state index in [1.807, 2.05) is 0 Å².